The number of hydrogen-bond donors (Lipinski definition) is 2. The summed E-state index contributed by atoms with van der Waals surface area (Å²) in [5.41, 5.74) is 13.5. The Morgan fingerprint density at radius 2 is 1.89 bits per heavy atom. The van der Waals surface area contributed by atoms with Crippen molar-refractivity contribution < 1.29 is 4.74 Å². The Bertz CT molecular complexity index is 794. The summed E-state index contributed by atoms with van der Waals surface area (Å²) in [7, 11) is 0. The SMILES string of the molecule is CCC(N)CCc1ccc(Oc2nc3ccccc3s2)cc1.NCC1CC1. The maximum absolute atomic E-state index is 5.96. The van der Waals surface area contributed by atoms with Gasteiger partial charge in [0.25, 0.3) is 5.19 Å². The summed E-state index contributed by atoms with van der Waals surface area (Å²) < 4.78 is 6.99. The third-order valence-electron chi connectivity index (χ3n) is 4.76. The molecule has 1 aliphatic carbocycles. The second-order valence-corrected chi connectivity index (χ2v) is 8.07. The fourth-order valence-electron chi connectivity index (χ4n) is 2.63. The van der Waals surface area contributed by atoms with Crippen LogP contribution in [0.15, 0.2) is 48.5 Å². The molecule has 1 atom stereocenters. The zero-order chi connectivity index (χ0) is 19.1. The molecule has 1 fully saturated rings. The lowest BCUT2D eigenvalue weighted by Gasteiger charge is -2.08. The molecule has 5 heteroatoms. The molecule has 1 heterocycles. The van der Waals surface area contributed by atoms with E-state index in [-0.39, 0.29) is 0 Å². The minimum Gasteiger partial charge on any atom is -0.431 e. The van der Waals surface area contributed by atoms with E-state index in [4.69, 9.17) is 16.2 Å². The van der Waals surface area contributed by atoms with E-state index in [9.17, 15) is 0 Å². The lowest BCUT2D eigenvalue weighted by Crippen LogP contribution is -2.18. The molecule has 1 aromatic heterocycles. The molecular formula is C22H29N3OS. The largest absolute Gasteiger partial charge is 0.431 e. The summed E-state index contributed by atoms with van der Waals surface area (Å²) in [6.45, 7) is 3.04. The molecule has 27 heavy (non-hydrogen) atoms. The van der Waals surface area contributed by atoms with Gasteiger partial charge in [0.1, 0.15) is 5.75 Å². The highest BCUT2D eigenvalue weighted by Crippen LogP contribution is 2.31. The average molecular weight is 384 g/mol. The van der Waals surface area contributed by atoms with Crippen molar-refractivity contribution in [2.24, 2.45) is 17.4 Å². The molecule has 144 valence electrons. The van der Waals surface area contributed by atoms with E-state index in [1.165, 1.54) is 18.4 Å². The number of thiazole rings is 1. The number of nitrogens with zero attached hydrogens (tertiary/aromatic N) is 1. The van der Waals surface area contributed by atoms with Crippen LogP contribution in [-0.4, -0.2) is 17.6 Å². The van der Waals surface area contributed by atoms with E-state index < -0.39 is 0 Å². The van der Waals surface area contributed by atoms with Gasteiger partial charge in [0.15, 0.2) is 0 Å². The Hall–Kier alpha value is -1.95. The summed E-state index contributed by atoms with van der Waals surface area (Å²) in [4.78, 5) is 4.48. The van der Waals surface area contributed by atoms with Crippen LogP contribution in [0.25, 0.3) is 10.2 Å². The summed E-state index contributed by atoms with van der Waals surface area (Å²) in [5.74, 6) is 1.73. The van der Waals surface area contributed by atoms with Gasteiger partial charge in [-0.05, 0) is 74.4 Å². The van der Waals surface area contributed by atoms with E-state index in [0.29, 0.717) is 11.2 Å². The summed E-state index contributed by atoms with van der Waals surface area (Å²) in [5, 5.41) is 0.682. The van der Waals surface area contributed by atoms with Gasteiger partial charge >= 0.3 is 0 Å². The van der Waals surface area contributed by atoms with Crippen LogP contribution >= 0.6 is 11.3 Å². The van der Waals surface area contributed by atoms with E-state index in [0.717, 1.165) is 47.7 Å². The molecule has 0 radical (unpaired) electrons. The van der Waals surface area contributed by atoms with Crippen molar-refractivity contribution in [3.63, 3.8) is 0 Å². The van der Waals surface area contributed by atoms with Gasteiger partial charge in [-0.15, -0.1) is 0 Å². The van der Waals surface area contributed by atoms with Crippen LogP contribution in [0.1, 0.15) is 38.2 Å². The molecule has 0 bridgehead atoms. The van der Waals surface area contributed by atoms with E-state index in [1.807, 2.05) is 30.3 Å². The topological polar surface area (TPSA) is 74.2 Å². The van der Waals surface area contributed by atoms with Gasteiger partial charge in [0.05, 0.1) is 10.2 Å². The third kappa shape index (κ3) is 6.31. The molecule has 4 nitrogen and oxygen atoms in total. The minimum absolute atomic E-state index is 0.290. The van der Waals surface area contributed by atoms with Crippen molar-refractivity contribution in [2.75, 3.05) is 6.54 Å². The number of hydrogen-bond acceptors (Lipinski definition) is 5. The molecule has 1 aliphatic rings. The van der Waals surface area contributed by atoms with Gasteiger partial charge in [0.2, 0.25) is 0 Å². The van der Waals surface area contributed by atoms with Gasteiger partial charge in [-0.1, -0.05) is 42.5 Å². The van der Waals surface area contributed by atoms with Crippen LogP contribution < -0.4 is 16.2 Å². The minimum atomic E-state index is 0.290. The Balaban J connectivity index is 0.000000364. The molecular weight excluding hydrogens is 354 g/mol. The van der Waals surface area contributed by atoms with Crippen LogP contribution in [0.4, 0.5) is 0 Å². The molecule has 1 unspecified atom stereocenters. The highest BCUT2D eigenvalue weighted by molar-refractivity contribution is 7.20. The van der Waals surface area contributed by atoms with E-state index in [2.05, 4.69) is 30.1 Å². The number of ether oxygens (including phenoxy) is 1. The second-order valence-electron chi connectivity index (χ2n) is 7.08. The standard InChI is InChI=1S/C18H20N2OS.C4H9N/c1-2-14(19)10-7-13-8-11-15(12-9-13)21-18-20-16-5-3-4-6-17(16)22-18;5-3-4-1-2-4/h3-6,8-9,11-12,14H,2,7,10,19H2,1H3;4H,1-3,5H2. The first-order chi connectivity index (χ1) is 13.2. The molecule has 0 spiro atoms. The summed E-state index contributed by atoms with van der Waals surface area (Å²) >= 11 is 1.56. The van der Waals surface area contributed by atoms with Gasteiger partial charge in [-0.3, -0.25) is 0 Å². The zero-order valence-electron chi connectivity index (χ0n) is 15.9. The number of para-hydroxylation sites is 1. The Morgan fingerprint density at radius 3 is 2.48 bits per heavy atom. The van der Waals surface area contributed by atoms with Crippen molar-refractivity contribution >= 4 is 21.6 Å². The van der Waals surface area contributed by atoms with Crippen LogP contribution in [0, 0.1) is 5.92 Å². The van der Waals surface area contributed by atoms with Crippen LogP contribution in [0.3, 0.4) is 0 Å². The summed E-state index contributed by atoms with van der Waals surface area (Å²) in [6, 6.07) is 16.5. The summed E-state index contributed by atoms with van der Waals surface area (Å²) in [6.07, 6.45) is 5.83. The first kappa shape index (κ1) is 19.8. The fraction of sp³-hybridized carbons (Fsp3) is 0.409. The second kappa shape index (κ2) is 9.83. The third-order valence-corrected chi connectivity index (χ3v) is 5.68. The Kier molecular flexibility index (Phi) is 7.21. The molecule has 2 aromatic carbocycles. The normalized spacial score (nSPS) is 14.5. The van der Waals surface area contributed by atoms with Crippen molar-refractivity contribution in [1.82, 2.24) is 4.98 Å². The van der Waals surface area contributed by atoms with Crippen molar-refractivity contribution in [1.29, 1.82) is 0 Å². The number of aromatic nitrogens is 1. The number of rotatable bonds is 7. The number of aryl methyl sites for hydroxylation is 1. The average Bonchev–Trinajstić information content (AvgIpc) is 3.46. The molecule has 4 rings (SSSR count). The monoisotopic (exact) mass is 383 g/mol. The van der Waals surface area contributed by atoms with Crippen molar-refractivity contribution in [3.8, 4) is 10.9 Å². The Labute approximate surface area is 165 Å². The molecule has 0 saturated heterocycles. The van der Waals surface area contributed by atoms with Crippen LogP contribution in [-0.2, 0) is 6.42 Å². The van der Waals surface area contributed by atoms with Crippen molar-refractivity contribution in [3.05, 3.63) is 54.1 Å². The predicted molar refractivity (Wildman–Crippen MR) is 115 cm³/mol. The number of nitrogens with two attached hydrogens (primary N) is 2. The molecule has 4 N–H and O–H groups in total. The number of fused-ring (bicyclic) bond motifs is 1. The lowest BCUT2D eigenvalue weighted by molar-refractivity contribution is 0.480. The highest BCUT2D eigenvalue weighted by Gasteiger charge is 2.17. The smallest absolute Gasteiger partial charge is 0.279 e. The molecule has 3 aromatic rings. The van der Waals surface area contributed by atoms with Gasteiger partial charge < -0.3 is 16.2 Å². The predicted octanol–water partition coefficient (Wildman–Crippen LogP) is 5.11. The van der Waals surface area contributed by atoms with Crippen LogP contribution in [0.5, 0.6) is 10.9 Å². The zero-order valence-corrected chi connectivity index (χ0v) is 16.8. The van der Waals surface area contributed by atoms with Gasteiger partial charge in [0, 0.05) is 6.04 Å². The van der Waals surface area contributed by atoms with E-state index in [1.54, 1.807) is 11.3 Å². The Morgan fingerprint density at radius 1 is 1.15 bits per heavy atom. The molecule has 0 amide bonds. The number of benzene rings is 2. The van der Waals surface area contributed by atoms with Gasteiger partial charge in [-0.2, -0.15) is 0 Å². The maximum atomic E-state index is 5.96. The first-order valence-corrected chi connectivity index (χ1v) is 10.6. The first-order valence-electron chi connectivity index (χ1n) is 9.76. The molecule has 1 saturated carbocycles. The van der Waals surface area contributed by atoms with Crippen LogP contribution in [0.2, 0.25) is 0 Å². The maximum Gasteiger partial charge on any atom is 0.279 e. The van der Waals surface area contributed by atoms with Gasteiger partial charge in [-0.25, -0.2) is 4.98 Å². The lowest BCUT2D eigenvalue weighted by atomic mass is 10.0. The molecule has 0 aliphatic heterocycles. The van der Waals surface area contributed by atoms with E-state index >= 15 is 0 Å². The quantitative estimate of drug-likeness (QED) is 0.594. The fourth-order valence-corrected chi connectivity index (χ4v) is 3.46. The van der Waals surface area contributed by atoms with Crippen molar-refractivity contribution in [2.45, 2.75) is 45.1 Å². The highest BCUT2D eigenvalue weighted by atomic mass is 32.1.